The molecule has 2 N–H and O–H groups in total. The Bertz CT molecular complexity index is 1080. The van der Waals surface area contributed by atoms with Gasteiger partial charge in [-0.25, -0.2) is 0 Å². The van der Waals surface area contributed by atoms with Crippen molar-refractivity contribution >= 4 is 11.0 Å². The normalized spacial score (nSPS) is 11.1. The van der Waals surface area contributed by atoms with E-state index >= 15 is 0 Å². The average molecular weight is 373 g/mol. The van der Waals surface area contributed by atoms with Gasteiger partial charge in [0.25, 0.3) is 0 Å². The van der Waals surface area contributed by atoms with Gasteiger partial charge in [0.05, 0.1) is 12.9 Å². The van der Waals surface area contributed by atoms with Gasteiger partial charge in [-0.3, -0.25) is 0 Å². The molecule has 4 nitrogen and oxygen atoms in total. The Hall–Kier alpha value is -3.08. The monoisotopic (exact) mass is 373 g/mol. The van der Waals surface area contributed by atoms with Gasteiger partial charge < -0.3 is 19.6 Å². The van der Waals surface area contributed by atoms with Crippen molar-refractivity contribution in [1.82, 2.24) is 0 Å². The largest absolute Gasteiger partial charge is 0.489 e. The van der Waals surface area contributed by atoms with Crippen LogP contribution in [0.15, 0.2) is 77.4 Å². The van der Waals surface area contributed by atoms with Crippen molar-refractivity contribution in [3.05, 3.63) is 89.7 Å². The summed E-state index contributed by atoms with van der Waals surface area (Å²) in [4.78, 5) is 0. The van der Waals surface area contributed by atoms with Gasteiger partial charge in [0.15, 0.2) is 0 Å². The number of hydrogen-bond acceptors (Lipinski definition) is 4. The molecule has 0 saturated carbocycles. The summed E-state index contributed by atoms with van der Waals surface area (Å²) in [6.45, 7) is 1.49. The second-order valence-electron chi connectivity index (χ2n) is 6.72. The van der Waals surface area contributed by atoms with Crippen molar-refractivity contribution in [1.29, 1.82) is 0 Å². The van der Waals surface area contributed by atoms with Crippen LogP contribution in [0.25, 0.3) is 22.1 Å². The number of para-hydroxylation sites is 1. The molecule has 0 saturated heterocycles. The summed E-state index contributed by atoms with van der Waals surface area (Å²) >= 11 is 0. The van der Waals surface area contributed by atoms with E-state index in [2.05, 4.69) is 24.3 Å². The quantitative estimate of drug-likeness (QED) is 0.478. The standard InChI is InChI=1S/C24H23NO3/c1-26-16-21-6-2-3-8-23(21)28-15-18-12-20-9-10-27-24(20)22(13-18)19-7-4-5-17(11-19)14-25/h2-13H,14-16,25H2,1H3. The summed E-state index contributed by atoms with van der Waals surface area (Å²) in [5, 5.41) is 1.06. The Labute approximate surface area is 164 Å². The minimum Gasteiger partial charge on any atom is -0.489 e. The van der Waals surface area contributed by atoms with Crippen LogP contribution in [0.2, 0.25) is 0 Å². The number of benzene rings is 3. The Morgan fingerprint density at radius 3 is 2.64 bits per heavy atom. The molecule has 0 spiro atoms. The van der Waals surface area contributed by atoms with Gasteiger partial charge in [0.2, 0.25) is 0 Å². The first-order valence-corrected chi connectivity index (χ1v) is 9.27. The molecule has 0 amide bonds. The number of methoxy groups -OCH3 is 1. The average Bonchev–Trinajstić information content (AvgIpc) is 3.21. The molecule has 0 bridgehead atoms. The predicted octanol–water partition coefficient (Wildman–Crippen LogP) is 5.28. The lowest BCUT2D eigenvalue weighted by Crippen LogP contribution is -2.00. The molecule has 0 aliphatic rings. The zero-order chi connectivity index (χ0) is 19.3. The van der Waals surface area contributed by atoms with Gasteiger partial charge in [0.1, 0.15) is 17.9 Å². The van der Waals surface area contributed by atoms with E-state index in [1.807, 2.05) is 42.5 Å². The van der Waals surface area contributed by atoms with Gasteiger partial charge in [-0.1, -0.05) is 36.4 Å². The van der Waals surface area contributed by atoms with Crippen LogP contribution in [0, 0.1) is 0 Å². The van der Waals surface area contributed by atoms with Crippen molar-refractivity contribution in [2.75, 3.05) is 7.11 Å². The first-order valence-electron chi connectivity index (χ1n) is 9.27. The first-order chi connectivity index (χ1) is 13.8. The molecule has 0 atom stereocenters. The van der Waals surface area contributed by atoms with E-state index < -0.39 is 0 Å². The third-order valence-corrected chi connectivity index (χ3v) is 4.75. The first kappa shape index (κ1) is 18.3. The SMILES string of the molecule is COCc1ccccc1OCc1cc(-c2cccc(CN)c2)c2occc2c1. The third-order valence-electron chi connectivity index (χ3n) is 4.75. The highest BCUT2D eigenvalue weighted by Crippen LogP contribution is 2.32. The van der Waals surface area contributed by atoms with E-state index in [1.165, 1.54) is 0 Å². The smallest absolute Gasteiger partial charge is 0.141 e. The second kappa shape index (κ2) is 8.30. The summed E-state index contributed by atoms with van der Waals surface area (Å²) in [6, 6.07) is 22.4. The Morgan fingerprint density at radius 2 is 1.79 bits per heavy atom. The molecule has 1 aromatic heterocycles. The zero-order valence-electron chi connectivity index (χ0n) is 15.9. The molecule has 28 heavy (non-hydrogen) atoms. The fourth-order valence-electron chi connectivity index (χ4n) is 3.39. The van der Waals surface area contributed by atoms with Crippen LogP contribution in [0.3, 0.4) is 0 Å². The highest BCUT2D eigenvalue weighted by Gasteiger charge is 2.11. The maximum atomic E-state index is 6.11. The van der Waals surface area contributed by atoms with Crippen LogP contribution in [-0.4, -0.2) is 7.11 Å². The molecule has 4 rings (SSSR count). The lowest BCUT2D eigenvalue weighted by Gasteiger charge is -2.12. The summed E-state index contributed by atoms with van der Waals surface area (Å²) in [6.07, 6.45) is 1.72. The van der Waals surface area contributed by atoms with E-state index in [-0.39, 0.29) is 0 Å². The Kier molecular flexibility index (Phi) is 5.42. The fraction of sp³-hybridized carbons (Fsp3) is 0.167. The molecule has 0 fully saturated rings. The number of rotatable bonds is 7. The Balaban J connectivity index is 1.67. The van der Waals surface area contributed by atoms with Crippen molar-refractivity contribution in [3.63, 3.8) is 0 Å². The van der Waals surface area contributed by atoms with Crippen LogP contribution < -0.4 is 10.5 Å². The van der Waals surface area contributed by atoms with E-state index in [0.717, 1.165) is 44.5 Å². The van der Waals surface area contributed by atoms with Crippen LogP contribution in [0.5, 0.6) is 5.75 Å². The number of nitrogens with two attached hydrogens (primary N) is 1. The Morgan fingerprint density at radius 1 is 0.893 bits per heavy atom. The number of hydrogen-bond donors (Lipinski definition) is 1. The molecule has 0 aliphatic carbocycles. The minimum atomic E-state index is 0.464. The number of ether oxygens (including phenoxy) is 2. The topological polar surface area (TPSA) is 57.6 Å². The molecule has 0 unspecified atom stereocenters. The molecular formula is C24H23NO3. The van der Waals surface area contributed by atoms with Gasteiger partial charge in [-0.15, -0.1) is 0 Å². The van der Waals surface area contributed by atoms with Gasteiger partial charge in [0, 0.05) is 30.2 Å². The summed E-state index contributed by atoms with van der Waals surface area (Å²) in [5.41, 5.74) is 12.0. The van der Waals surface area contributed by atoms with Crippen molar-refractivity contribution < 1.29 is 13.9 Å². The van der Waals surface area contributed by atoms with E-state index in [1.54, 1.807) is 13.4 Å². The third kappa shape index (κ3) is 3.79. The lowest BCUT2D eigenvalue weighted by molar-refractivity contribution is 0.179. The summed E-state index contributed by atoms with van der Waals surface area (Å²) < 4.78 is 17.1. The molecule has 0 aliphatic heterocycles. The highest BCUT2D eigenvalue weighted by atomic mass is 16.5. The van der Waals surface area contributed by atoms with E-state index in [9.17, 15) is 0 Å². The summed E-state index contributed by atoms with van der Waals surface area (Å²) in [7, 11) is 1.69. The second-order valence-corrected chi connectivity index (χ2v) is 6.72. The molecular weight excluding hydrogens is 350 g/mol. The molecule has 142 valence electrons. The van der Waals surface area contributed by atoms with Gasteiger partial charge >= 0.3 is 0 Å². The van der Waals surface area contributed by atoms with Crippen molar-refractivity contribution in [2.24, 2.45) is 5.73 Å². The highest BCUT2D eigenvalue weighted by molar-refractivity contribution is 5.93. The molecule has 3 aromatic carbocycles. The maximum absolute atomic E-state index is 6.11. The molecule has 1 heterocycles. The maximum Gasteiger partial charge on any atom is 0.141 e. The molecule has 4 aromatic rings. The zero-order valence-corrected chi connectivity index (χ0v) is 15.9. The molecule has 4 heteroatoms. The van der Waals surface area contributed by atoms with E-state index in [4.69, 9.17) is 19.6 Å². The van der Waals surface area contributed by atoms with Crippen molar-refractivity contribution in [2.45, 2.75) is 19.8 Å². The van der Waals surface area contributed by atoms with Crippen molar-refractivity contribution in [3.8, 4) is 16.9 Å². The van der Waals surface area contributed by atoms with Crippen LogP contribution in [0.4, 0.5) is 0 Å². The van der Waals surface area contributed by atoms with Gasteiger partial charge in [-0.05, 0) is 47.0 Å². The van der Waals surface area contributed by atoms with Gasteiger partial charge in [-0.2, -0.15) is 0 Å². The minimum absolute atomic E-state index is 0.464. The lowest BCUT2D eigenvalue weighted by atomic mass is 9.99. The van der Waals surface area contributed by atoms with E-state index in [0.29, 0.717) is 19.8 Å². The molecule has 0 radical (unpaired) electrons. The van der Waals surface area contributed by atoms with Crippen LogP contribution >= 0.6 is 0 Å². The fourth-order valence-corrected chi connectivity index (χ4v) is 3.39. The van der Waals surface area contributed by atoms with Crippen LogP contribution in [-0.2, 0) is 24.5 Å². The predicted molar refractivity (Wildman–Crippen MR) is 111 cm³/mol. The summed E-state index contributed by atoms with van der Waals surface area (Å²) in [5.74, 6) is 0.836. The van der Waals surface area contributed by atoms with Crippen LogP contribution in [0.1, 0.15) is 16.7 Å². The number of fused-ring (bicyclic) bond motifs is 1. The number of furan rings is 1.